The van der Waals surface area contributed by atoms with Gasteiger partial charge in [-0.15, -0.1) is 0 Å². The zero-order chi connectivity index (χ0) is 13.5. The number of rotatable bonds is 1. The molecule has 1 saturated heterocycles. The summed E-state index contributed by atoms with van der Waals surface area (Å²) in [5.74, 6) is -1.95. The van der Waals surface area contributed by atoms with Crippen molar-refractivity contribution in [1.82, 2.24) is 10.6 Å². The number of carbonyl (C=O) groups is 1. The highest BCUT2D eigenvalue weighted by Gasteiger charge is 2.36. The number of alkyl halides is 3. The quantitative estimate of drug-likeness (QED) is 0.609. The number of hydrogen-bond acceptors (Lipinski definition) is 2. The van der Waals surface area contributed by atoms with E-state index < -0.39 is 29.5 Å². The predicted octanol–water partition coefficient (Wildman–Crippen LogP) is 1.89. The molecule has 96 valence electrons. The lowest BCUT2D eigenvalue weighted by atomic mass is 10.0. The first kappa shape index (κ1) is 12.7. The maximum atomic E-state index is 13.1. The van der Waals surface area contributed by atoms with Gasteiger partial charge in [-0.25, -0.2) is 4.39 Å². The number of amides is 1. The molecule has 1 aromatic rings. The van der Waals surface area contributed by atoms with Crippen LogP contribution in [0.5, 0.6) is 0 Å². The summed E-state index contributed by atoms with van der Waals surface area (Å²) in [5.41, 5.74) is -1.41. The van der Waals surface area contributed by atoms with Crippen LogP contribution in [0.4, 0.5) is 17.6 Å². The predicted molar refractivity (Wildman–Crippen MR) is 58.0 cm³/mol. The monoisotopic (exact) mass is 278 g/mol. The molecule has 8 heteroatoms. The van der Waals surface area contributed by atoms with Crippen molar-refractivity contribution >= 4 is 23.2 Å². The van der Waals surface area contributed by atoms with Crippen LogP contribution in [0.3, 0.4) is 0 Å². The fourth-order valence-electron chi connectivity index (χ4n) is 1.59. The summed E-state index contributed by atoms with van der Waals surface area (Å²) in [4.78, 5) is 11.4. The molecular weight excluding hydrogens is 272 g/mol. The van der Waals surface area contributed by atoms with Gasteiger partial charge in [0, 0.05) is 0 Å². The van der Waals surface area contributed by atoms with Gasteiger partial charge in [0.2, 0.25) is 0 Å². The van der Waals surface area contributed by atoms with Crippen LogP contribution < -0.4 is 10.6 Å². The Morgan fingerprint density at radius 2 is 1.94 bits per heavy atom. The zero-order valence-corrected chi connectivity index (χ0v) is 9.45. The Morgan fingerprint density at radius 3 is 2.44 bits per heavy atom. The lowest BCUT2D eigenvalue weighted by Gasteiger charge is -2.12. The summed E-state index contributed by atoms with van der Waals surface area (Å²) >= 11 is 4.67. The van der Waals surface area contributed by atoms with Gasteiger partial charge in [-0.05, 0) is 29.9 Å². The van der Waals surface area contributed by atoms with Crippen molar-refractivity contribution in [3.05, 3.63) is 35.1 Å². The first-order valence-corrected chi connectivity index (χ1v) is 5.18. The second-order valence-electron chi connectivity index (χ2n) is 3.63. The molecule has 1 heterocycles. The zero-order valence-electron chi connectivity index (χ0n) is 8.64. The van der Waals surface area contributed by atoms with E-state index in [-0.39, 0.29) is 10.7 Å². The average Bonchev–Trinajstić information content (AvgIpc) is 2.57. The van der Waals surface area contributed by atoms with Gasteiger partial charge in [-0.2, -0.15) is 13.2 Å². The minimum Gasteiger partial charge on any atom is -0.347 e. The van der Waals surface area contributed by atoms with Crippen LogP contribution in [-0.2, 0) is 11.0 Å². The number of nitrogens with one attached hydrogen (secondary N) is 2. The van der Waals surface area contributed by atoms with Crippen molar-refractivity contribution in [2.45, 2.75) is 12.2 Å². The fraction of sp³-hybridized carbons (Fsp3) is 0.200. The van der Waals surface area contributed by atoms with Crippen LogP contribution >= 0.6 is 12.2 Å². The van der Waals surface area contributed by atoms with Gasteiger partial charge < -0.3 is 10.6 Å². The van der Waals surface area contributed by atoms with Crippen molar-refractivity contribution in [2.24, 2.45) is 0 Å². The standard InChI is InChI=1S/C10H6F4N2OS/c11-6-2-1-4(3-5(6)10(12,13)14)7-8(17)16-9(18)15-7/h1-3,7H,(H2,15,16,17,18). The second-order valence-corrected chi connectivity index (χ2v) is 4.04. The Bertz CT molecular complexity index is 529. The third-order valence-electron chi connectivity index (χ3n) is 2.40. The third kappa shape index (κ3) is 2.28. The smallest absolute Gasteiger partial charge is 0.347 e. The van der Waals surface area contributed by atoms with E-state index in [4.69, 9.17) is 0 Å². The molecule has 0 aliphatic carbocycles. The van der Waals surface area contributed by atoms with Crippen molar-refractivity contribution in [1.29, 1.82) is 0 Å². The van der Waals surface area contributed by atoms with E-state index in [1.807, 2.05) is 0 Å². The van der Waals surface area contributed by atoms with Crippen LogP contribution in [0.2, 0.25) is 0 Å². The van der Waals surface area contributed by atoms with Gasteiger partial charge in [0.05, 0.1) is 5.56 Å². The molecule has 1 aromatic carbocycles. The average molecular weight is 278 g/mol. The molecule has 1 aliphatic rings. The Kier molecular flexibility index (Phi) is 2.97. The van der Waals surface area contributed by atoms with Gasteiger partial charge in [-0.3, -0.25) is 4.79 Å². The third-order valence-corrected chi connectivity index (χ3v) is 2.62. The molecule has 1 atom stereocenters. The lowest BCUT2D eigenvalue weighted by Crippen LogP contribution is -2.21. The van der Waals surface area contributed by atoms with E-state index in [0.29, 0.717) is 12.1 Å². The van der Waals surface area contributed by atoms with Gasteiger partial charge >= 0.3 is 6.18 Å². The van der Waals surface area contributed by atoms with Gasteiger partial charge in [0.25, 0.3) is 5.91 Å². The summed E-state index contributed by atoms with van der Waals surface area (Å²) in [7, 11) is 0. The van der Waals surface area contributed by atoms with Crippen molar-refractivity contribution in [3.8, 4) is 0 Å². The maximum absolute atomic E-state index is 13.1. The highest BCUT2D eigenvalue weighted by molar-refractivity contribution is 7.80. The van der Waals surface area contributed by atoms with Crippen LogP contribution in [0.1, 0.15) is 17.2 Å². The van der Waals surface area contributed by atoms with Crippen molar-refractivity contribution < 1.29 is 22.4 Å². The maximum Gasteiger partial charge on any atom is 0.419 e. The number of hydrogen-bond donors (Lipinski definition) is 2. The minimum absolute atomic E-state index is 0.000995. The normalized spacial score (nSPS) is 19.7. The van der Waals surface area contributed by atoms with E-state index in [9.17, 15) is 22.4 Å². The number of thiocarbonyl (C=S) groups is 1. The molecule has 0 bridgehead atoms. The SMILES string of the molecule is O=C1NC(=S)NC1c1ccc(F)c(C(F)(F)F)c1. The topological polar surface area (TPSA) is 41.1 Å². The van der Waals surface area contributed by atoms with Gasteiger partial charge in [0.1, 0.15) is 11.9 Å². The molecule has 2 N–H and O–H groups in total. The first-order valence-electron chi connectivity index (χ1n) is 4.77. The molecule has 0 aromatic heterocycles. The van der Waals surface area contributed by atoms with Crippen LogP contribution in [0.15, 0.2) is 18.2 Å². The fourth-order valence-corrected chi connectivity index (χ4v) is 1.81. The first-order chi connectivity index (χ1) is 8.29. The number of carbonyl (C=O) groups excluding carboxylic acids is 1. The largest absolute Gasteiger partial charge is 0.419 e. The lowest BCUT2D eigenvalue weighted by molar-refractivity contribution is -0.140. The Balaban J connectivity index is 2.42. The number of benzene rings is 1. The molecule has 0 radical (unpaired) electrons. The highest BCUT2D eigenvalue weighted by Crippen LogP contribution is 2.33. The van der Waals surface area contributed by atoms with E-state index in [2.05, 4.69) is 22.9 Å². The Labute approximate surface area is 104 Å². The van der Waals surface area contributed by atoms with Crippen LogP contribution in [0.25, 0.3) is 0 Å². The van der Waals surface area contributed by atoms with Gasteiger partial charge in [0.15, 0.2) is 5.11 Å². The van der Waals surface area contributed by atoms with Crippen LogP contribution in [-0.4, -0.2) is 11.0 Å². The van der Waals surface area contributed by atoms with E-state index >= 15 is 0 Å². The summed E-state index contributed by atoms with van der Waals surface area (Å²) in [6.45, 7) is 0. The summed E-state index contributed by atoms with van der Waals surface area (Å²) in [6, 6.07) is 1.35. The number of halogens is 4. The molecule has 2 rings (SSSR count). The molecule has 0 spiro atoms. The highest BCUT2D eigenvalue weighted by atomic mass is 32.1. The molecule has 18 heavy (non-hydrogen) atoms. The molecular formula is C10H6F4N2OS. The van der Waals surface area contributed by atoms with E-state index in [1.165, 1.54) is 0 Å². The van der Waals surface area contributed by atoms with Crippen LogP contribution in [0, 0.1) is 5.82 Å². The van der Waals surface area contributed by atoms with E-state index in [0.717, 1.165) is 6.07 Å². The van der Waals surface area contributed by atoms with E-state index in [1.54, 1.807) is 0 Å². The summed E-state index contributed by atoms with van der Waals surface area (Å²) in [6.07, 6.45) is -4.81. The molecule has 1 unspecified atom stereocenters. The summed E-state index contributed by atoms with van der Waals surface area (Å²) < 4.78 is 50.6. The Morgan fingerprint density at radius 1 is 1.28 bits per heavy atom. The molecule has 1 amide bonds. The molecule has 1 aliphatic heterocycles. The second kappa shape index (κ2) is 4.20. The molecule has 0 saturated carbocycles. The summed E-state index contributed by atoms with van der Waals surface area (Å²) in [5, 5.41) is 4.77. The van der Waals surface area contributed by atoms with Crippen molar-refractivity contribution in [3.63, 3.8) is 0 Å². The van der Waals surface area contributed by atoms with Gasteiger partial charge in [-0.1, -0.05) is 6.07 Å². The molecule has 3 nitrogen and oxygen atoms in total. The van der Waals surface area contributed by atoms with Crippen molar-refractivity contribution in [2.75, 3.05) is 0 Å². The minimum atomic E-state index is -4.81. The Hall–Kier alpha value is -1.70. The molecule has 1 fully saturated rings.